The SMILES string of the molecule is C[C@@H]1CCCCN1C[C@H]1CCN(c2ccccc2C(F)(F)F)C1. The van der Waals surface area contributed by atoms with E-state index in [1.54, 1.807) is 12.1 Å². The molecule has 128 valence electrons. The minimum atomic E-state index is -4.28. The van der Waals surface area contributed by atoms with E-state index < -0.39 is 11.7 Å². The highest BCUT2D eigenvalue weighted by Crippen LogP contribution is 2.38. The molecule has 2 fully saturated rings. The first-order chi connectivity index (χ1) is 10.9. The smallest absolute Gasteiger partial charge is 0.371 e. The van der Waals surface area contributed by atoms with Crippen molar-refractivity contribution in [2.45, 2.75) is 44.8 Å². The molecule has 23 heavy (non-hydrogen) atoms. The standard InChI is InChI=1S/C18H25F3N2/c1-14-6-4-5-10-22(14)12-15-9-11-23(13-15)17-8-3-2-7-16(17)18(19,20)21/h2-3,7-8,14-15H,4-6,9-13H2,1H3/t14-,15-/m1/s1. The lowest BCUT2D eigenvalue weighted by molar-refractivity contribution is -0.137. The van der Waals surface area contributed by atoms with Crippen molar-refractivity contribution >= 4 is 5.69 Å². The molecule has 0 N–H and O–H groups in total. The number of alkyl halides is 3. The molecule has 0 saturated carbocycles. The Hall–Kier alpha value is -1.23. The van der Waals surface area contributed by atoms with E-state index in [0.29, 0.717) is 17.6 Å². The van der Waals surface area contributed by atoms with Gasteiger partial charge in [-0.05, 0) is 50.8 Å². The van der Waals surface area contributed by atoms with Gasteiger partial charge in [0.2, 0.25) is 0 Å². The van der Waals surface area contributed by atoms with Crippen LogP contribution in [0, 0.1) is 5.92 Å². The monoisotopic (exact) mass is 326 g/mol. The summed E-state index contributed by atoms with van der Waals surface area (Å²) in [5.74, 6) is 0.469. The fourth-order valence-electron chi connectivity index (χ4n) is 3.95. The molecule has 5 heteroatoms. The van der Waals surface area contributed by atoms with Crippen LogP contribution in [0.3, 0.4) is 0 Å². The van der Waals surface area contributed by atoms with Crippen LogP contribution < -0.4 is 4.90 Å². The van der Waals surface area contributed by atoms with Crippen LogP contribution in [0.1, 0.15) is 38.2 Å². The van der Waals surface area contributed by atoms with Crippen LogP contribution in [-0.2, 0) is 6.18 Å². The maximum atomic E-state index is 13.2. The van der Waals surface area contributed by atoms with Gasteiger partial charge in [-0.25, -0.2) is 0 Å². The van der Waals surface area contributed by atoms with Crippen LogP contribution in [0.5, 0.6) is 0 Å². The number of likely N-dealkylation sites (tertiary alicyclic amines) is 1. The summed E-state index contributed by atoms with van der Waals surface area (Å²) < 4.78 is 39.6. The van der Waals surface area contributed by atoms with E-state index in [9.17, 15) is 13.2 Å². The molecule has 0 aromatic heterocycles. The number of hydrogen-bond donors (Lipinski definition) is 0. The highest BCUT2D eigenvalue weighted by Gasteiger charge is 2.36. The molecule has 1 aromatic rings. The second-order valence-corrected chi connectivity index (χ2v) is 6.96. The zero-order valence-electron chi connectivity index (χ0n) is 13.6. The van der Waals surface area contributed by atoms with Crippen molar-refractivity contribution in [3.8, 4) is 0 Å². The molecule has 2 atom stereocenters. The van der Waals surface area contributed by atoms with E-state index in [-0.39, 0.29) is 0 Å². The van der Waals surface area contributed by atoms with E-state index in [4.69, 9.17) is 0 Å². The van der Waals surface area contributed by atoms with E-state index in [1.807, 2.05) is 4.90 Å². The van der Waals surface area contributed by atoms with Gasteiger partial charge < -0.3 is 9.80 Å². The number of halogens is 3. The topological polar surface area (TPSA) is 6.48 Å². The predicted molar refractivity (Wildman–Crippen MR) is 86.7 cm³/mol. The summed E-state index contributed by atoms with van der Waals surface area (Å²) in [6, 6.07) is 6.57. The molecular weight excluding hydrogens is 301 g/mol. The van der Waals surface area contributed by atoms with Gasteiger partial charge in [-0.1, -0.05) is 18.6 Å². The summed E-state index contributed by atoms with van der Waals surface area (Å²) in [7, 11) is 0. The Morgan fingerprint density at radius 1 is 1.09 bits per heavy atom. The second kappa shape index (κ2) is 6.71. The predicted octanol–water partition coefficient (Wildman–Crippen LogP) is 4.41. The summed E-state index contributed by atoms with van der Waals surface area (Å²) in [6.07, 6.45) is 0.490. The highest BCUT2D eigenvalue weighted by molar-refractivity contribution is 5.55. The molecule has 2 aliphatic rings. The lowest BCUT2D eigenvalue weighted by Gasteiger charge is -2.35. The van der Waals surface area contributed by atoms with Crippen LogP contribution in [0.15, 0.2) is 24.3 Å². The maximum absolute atomic E-state index is 13.2. The maximum Gasteiger partial charge on any atom is 0.418 e. The summed E-state index contributed by atoms with van der Waals surface area (Å²) in [6.45, 7) is 5.88. The average molecular weight is 326 g/mol. The van der Waals surface area contributed by atoms with Crippen molar-refractivity contribution in [1.29, 1.82) is 0 Å². The first-order valence-electron chi connectivity index (χ1n) is 8.60. The van der Waals surface area contributed by atoms with Gasteiger partial charge in [0.1, 0.15) is 0 Å². The number of para-hydroxylation sites is 1. The Morgan fingerprint density at radius 2 is 1.87 bits per heavy atom. The third kappa shape index (κ3) is 3.82. The number of nitrogens with zero attached hydrogens (tertiary/aromatic N) is 2. The molecular formula is C18H25F3N2. The molecule has 3 rings (SSSR count). The fraction of sp³-hybridized carbons (Fsp3) is 0.667. The van der Waals surface area contributed by atoms with Gasteiger partial charge in [0.15, 0.2) is 0 Å². The number of piperidine rings is 1. The first kappa shape index (κ1) is 16.6. The fourth-order valence-corrected chi connectivity index (χ4v) is 3.95. The number of anilines is 1. The van der Waals surface area contributed by atoms with Crippen molar-refractivity contribution in [2.24, 2.45) is 5.92 Å². The Morgan fingerprint density at radius 3 is 2.61 bits per heavy atom. The van der Waals surface area contributed by atoms with E-state index in [0.717, 1.165) is 32.6 Å². The molecule has 0 radical (unpaired) electrons. The quantitative estimate of drug-likeness (QED) is 0.812. The molecule has 0 bridgehead atoms. The average Bonchev–Trinajstić information content (AvgIpc) is 2.97. The summed E-state index contributed by atoms with van der Waals surface area (Å²) in [5.41, 5.74) is -0.166. The molecule has 2 heterocycles. The molecule has 2 nitrogen and oxygen atoms in total. The molecule has 2 aliphatic heterocycles. The molecule has 0 spiro atoms. The Labute approximate surface area is 136 Å². The minimum absolute atomic E-state index is 0.342. The van der Waals surface area contributed by atoms with Crippen LogP contribution in [0.25, 0.3) is 0 Å². The molecule has 0 unspecified atom stereocenters. The summed E-state index contributed by atoms with van der Waals surface area (Å²) in [5, 5.41) is 0. The third-order valence-electron chi connectivity index (χ3n) is 5.27. The first-order valence-corrected chi connectivity index (χ1v) is 8.60. The molecule has 0 amide bonds. The summed E-state index contributed by atoms with van der Waals surface area (Å²) in [4.78, 5) is 4.44. The Balaban J connectivity index is 1.66. The number of hydrogen-bond acceptors (Lipinski definition) is 2. The molecule has 2 saturated heterocycles. The van der Waals surface area contributed by atoms with Crippen molar-refractivity contribution in [1.82, 2.24) is 4.90 Å². The number of rotatable bonds is 3. The zero-order valence-corrected chi connectivity index (χ0v) is 13.6. The van der Waals surface area contributed by atoms with E-state index in [2.05, 4.69) is 11.8 Å². The Bertz CT molecular complexity index is 529. The van der Waals surface area contributed by atoms with Crippen LogP contribution >= 0.6 is 0 Å². The van der Waals surface area contributed by atoms with Gasteiger partial charge in [-0.3, -0.25) is 0 Å². The normalized spacial score (nSPS) is 26.7. The highest BCUT2D eigenvalue weighted by atomic mass is 19.4. The van der Waals surface area contributed by atoms with Gasteiger partial charge in [-0.15, -0.1) is 0 Å². The van der Waals surface area contributed by atoms with Gasteiger partial charge in [0, 0.05) is 31.4 Å². The van der Waals surface area contributed by atoms with Gasteiger partial charge in [0.25, 0.3) is 0 Å². The molecule has 0 aliphatic carbocycles. The van der Waals surface area contributed by atoms with Crippen molar-refractivity contribution < 1.29 is 13.2 Å². The van der Waals surface area contributed by atoms with E-state index in [1.165, 1.54) is 31.4 Å². The largest absolute Gasteiger partial charge is 0.418 e. The van der Waals surface area contributed by atoms with Gasteiger partial charge >= 0.3 is 6.18 Å². The van der Waals surface area contributed by atoms with Crippen molar-refractivity contribution in [2.75, 3.05) is 31.1 Å². The van der Waals surface area contributed by atoms with Crippen molar-refractivity contribution in [3.05, 3.63) is 29.8 Å². The third-order valence-corrected chi connectivity index (χ3v) is 5.27. The van der Waals surface area contributed by atoms with Crippen LogP contribution in [-0.4, -0.2) is 37.1 Å². The van der Waals surface area contributed by atoms with Crippen LogP contribution in [0.4, 0.5) is 18.9 Å². The lowest BCUT2D eigenvalue weighted by Crippen LogP contribution is -2.41. The van der Waals surface area contributed by atoms with E-state index >= 15 is 0 Å². The van der Waals surface area contributed by atoms with Gasteiger partial charge in [-0.2, -0.15) is 13.2 Å². The summed E-state index contributed by atoms with van der Waals surface area (Å²) >= 11 is 0. The Kier molecular flexibility index (Phi) is 4.85. The minimum Gasteiger partial charge on any atom is -0.371 e. The zero-order chi connectivity index (χ0) is 16.4. The second-order valence-electron chi connectivity index (χ2n) is 6.96. The van der Waals surface area contributed by atoms with Gasteiger partial charge in [0.05, 0.1) is 5.56 Å². The van der Waals surface area contributed by atoms with Crippen LogP contribution in [0.2, 0.25) is 0 Å². The van der Waals surface area contributed by atoms with Crippen molar-refractivity contribution in [3.63, 3.8) is 0 Å². The number of benzene rings is 1. The lowest BCUT2D eigenvalue weighted by atomic mass is 10.0. The molecule has 1 aromatic carbocycles.